The molecule has 147 valence electrons. The lowest BCUT2D eigenvalue weighted by Gasteiger charge is -2.14. The van der Waals surface area contributed by atoms with Gasteiger partial charge in [-0.1, -0.05) is 48.2 Å². The van der Waals surface area contributed by atoms with Gasteiger partial charge in [0, 0.05) is 6.54 Å². The average molecular weight is 410 g/mol. The molecule has 0 amide bonds. The highest BCUT2D eigenvalue weighted by Gasteiger charge is 2.11. The van der Waals surface area contributed by atoms with Crippen LogP contribution in [0.3, 0.4) is 0 Å². The van der Waals surface area contributed by atoms with E-state index in [1.807, 2.05) is 12.1 Å². The van der Waals surface area contributed by atoms with Crippen LogP contribution in [0.15, 0.2) is 30.3 Å². The predicted molar refractivity (Wildman–Crippen MR) is 113 cm³/mol. The molecule has 2 aromatic carbocycles. The number of halogens is 2. The van der Waals surface area contributed by atoms with Gasteiger partial charge in [0.05, 0.1) is 28.9 Å². The highest BCUT2D eigenvalue weighted by molar-refractivity contribution is 6.38. The van der Waals surface area contributed by atoms with Crippen molar-refractivity contribution in [2.24, 2.45) is 0 Å². The van der Waals surface area contributed by atoms with Crippen LogP contribution in [0.5, 0.6) is 5.75 Å². The summed E-state index contributed by atoms with van der Waals surface area (Å²) < 4.78 is 5.35. The number of hydrogen-bond donors (Lipinski definition) is 3. The Kier molecular flexibility index (Phi) is 9.22. The Hall–Kier alpha value is -1.46. The Morgan fingerprint density at radius 1 is 1.19 bits per heavy atom. The summed E-state index contributed by atoms with van der Waals surface area (Å²) in [5, 5.41) is 14.2. The highest BCUT2D eigenvalue weighted by atomic mass is 35.5. The van der Waals surface area contributed by atoms with E-state index < -0.39 is 6.10 Å². The van der Waals surface area contributed by atoms with Crippen molar-refractivity contribution >= 4 is 28.9 Å². The Balaban J connectivity index is 1.59. The van der Waals surface area contributed by atoms with Crippen LogP contribution < -0.4 is 15.8 Å². The maximum Gasteiger partial charge on any atom is 0.122 e. The van der Waals surface area contributed by atoms with Crippen molar-refractivity contribution in [3.63, 3.8) is 0 Å². The fraction of sp³-hybridized carbons (Fsp3) is 0.429. The number of aryl methyl sites for hydroxylation is 1. The number of nitrogens with one attached hydrogen (secondary N) is 1. The molecule has 4 nitrogen and oxygen atoms in total. The van der Waals surface area contributed by atoms with E-state index in [4.69, 9.17) is 33.7 Å². The second-order valence-electron chi connectivity index (χ2n) is 6.52. The van der Waals surface area contributed by atoms with E-state index in [-0.39, 0.29) is 0 Å². The average Bonchev–Trinajstić information content (AvgIpc) is 2.67. The largest absolute Gasteiger partial charge is 0.496 e. The van der Waals surface area contributed by atoms with Crippen molar-refractivity contribution in [3.05, 3.63) is 57.6 Å². The molecule has 0 spiro atoms. The van der Waals surface area contributed by atoms with Gasteiger partial charge in [0.25, 0.3) is 0 Å². The maximum absolute atomic E-state index is 10.2. The van der Waals surface area contributed by atoms with E-state index in [0.717, 1.165) is 44.4 Å². The number of benzene rings is 2. The molecule has 0 heterocycles. The summed E-state index contributed by atoms with van der Waals surface area (Å²) in [7, 11) is 1.69. The van der Waals surface area contributed by atoms with Gasteiger partial charge in [0.1, 0.15) is 5.75 Å². The fourth-order valence-corrected chi connectivity index (χ4v) is 3.42. The molecule has 0 aromatic heterocycles. The van der Waals surface area contributed by atoms with Gasteiger partial charge in [-0.2, -0.15) is 0 Å². The SMILES string of the molecule is COc1c[c]ccc1CCCCCCNCC(O)c1cc(Cl)c(N)c(Cl)c1. The Labute approximate surface area is 171 Å². The van der Waals surface area contributed by atoms with Gasteiger partial charge >= 0.3 is 0 Å². The number of anilines is 1. The first-order chi connectivity index (χ1) is 13.0. The molecule has 1 radical (unpaired) electrons. The molecule has 2 aromatic rings. The number of methoxy groups -OCH3 is 1. The van der Waals surface area contributed by atoms with E-state index >= 15 is 0 Å². The second-order valence-corrected chi connectivity index (χ2v) is 7.33. The molecule has 6 heteroatoms. The normalized spacial score (nSPS) is 12.1. The number of unbranched alkanes of at least 4 members (excludes halogenated alkanes) is 3. The summed E-state index contributed by atoms with van der Waals surface area (Å²) >= 11 is 12.0. The summed E-state index contributed by atoms with van der Waals surface area (Å²) in [6.45, 7) is 1.31. The first kappa shape index (κ1) is 21.8. The molecule has 27 heavy (non-hydrogen) atoms. The van der Waals surface area contributed by atoms with Crippen LogP contribution in [-0.4, -0.2) is 25.3 Å². The van der Waals surface area contributed by atoms with Gasteiger partial charge in [-0.15, -0.1) is 0 Å². The zero-order chi connectivity index (χ0) is 19.6. The van der Waals surface area contributed by atoms with Crippen molar-refractivity contribution in [2.75, 3.05) is 25.9 Å². The van der Waals surface area contributed by atoms with E-state index in [2.05, 4.69) is 17.4 Å². The quantitative estimate of drug-likeness (QED) is 0.367. The number of nitrogens with two attached hydrogens (primary N) is 1. The van der Waals surface area contributed by atoms with E-state index in [0.29, 0.717) is 27.8 Å². The highest BCUT2D eigenvalue weighted by Crippen LogP contribution is 2.31. The number of nitrogen functional groups attached to an aromatic ring is 1. The summed E-state index contributed by atoms with van der Waals surface area (Å²) in [6, 6.07) is 12.2. The first-order valence-corrected chi connectivity index (χ1v) is 9.94. The number of aliphatic hydroxyl groups is 1. The minimum atomic E-state index is -0.664. The lowest BCUT2D eigenvalue weighted by molar-refractivity contribution is 0.174. The Bertz CT molecular complexity index is 702. The smallest absolute Gasteiger partial charge is 0.122 e. The van der Waals surface area contributed by atoms with Crippen LogP contribution in [-0.2, 0) is 6.42 Å². The Morgan fingerprint density at radius 2 is 1.89 bits per heavy atom. The molecule has 0 saturated carbocycles. The molecule has 0 aliphatic carbocycles. The zero-order valence-electron chi connectivity index (χ0n) is 15.6. The zero-order valence-corrected chi connectivity index (χ0v) is 17.1. The first-order valence-electron chi connectivity index (χ1n) is 9.19. The standard InChI is InChI=1S/C21H27Cl2N2O2/c1-27-20-10-6-5-9-15(20)8-4-2-3-7-11-25-14-19(26)16-12-17(22)21(24)18(23)13-16/h5,9-10,12-13,19,25-26H,2-4,7-8,11,14,24H2,1H3. The molecule has 0 aliphatic rings. The Morgan fingerprint density at radius 3 is 2.59 bits per heavy atom. The fourth-order valence-electron chi connectivity index (χ4n) is 2.92. The summed E-state index contributed by atoms with van der Waals surface area (Å²) in [5.74, 6) is 0.913. The molecule has 0 fully saturated rings. The van der Waals surface area contributed by atoms with E-state index in [1.54, 1.807) is 19.2 Å². The monoisotopic (exact) mass is 409 g/mol. The summed E-state index contributed by atoms with van der Waals surface area (Å²) in [6.07, 6.45) is 4.85. The van der Waals surface area contributed by atoms with Crippen molar-refractivity contribution < 1.29 is 9.84 Å². The third-order valence-electron chi connectivity index (χ3n) is 4.51. The lowest BCUT2D eigenvalue weighted by Crippen LogP contribution is -2.22. The van der Waals surface area contributed by atoms with Gasteiger partial charge in [-0.3, -0.25) is 0 Å². The minimum absolute atomic E-state index is 0.341. The van der Waals surface area contributed by atoms with E-state index in [9.17, 15) is 5.11 Å². The van der Waals surface area contributed by atoms with Crippen LogP contribution in [0.1, 0.15) is 42.9 Å². The lowest BCUT2D eigenvalue weighted by atomic mass is 10.1. The minimum Gasteiger partial charge on any atom is -0.496 e. The summed E-state index contributed by atoms with van der Waals surface area (Å²) in [5.41, 5.74) is 7.96. The molecule has 4 N–H and O–H groups in total. The van der Waals surface area contributed by atoms with Crippen LogP contribution in [0.25, 0.3) is 0 Å². The van der Waals surface area contributed by atoms with Crippen molar-refractivity contribution in [2.45, 2.75) is 38.2 Å². The predicted octanol–water partition coefficient (Wildman–Crippen LogP) is 4.81. The second kappa shape index (κ2) is 11.4. The molecular weight excluding hydrogens is 383 g/mol. The van der Waals surface area contributed by atoms with Gasteiger partial charge in [0.15, 0.2) is 0 Å². The van der Waals surface area contributed by atoms with Crippen molar-refractivity contribution in [1.82, 2.24) is 5.32 Å². The van der Waals surface area contributed by atoms with Gasteiger partial charge in [0.2, 0.25) is 0 Å². The van der Waals surface area contributed by atoms with Gasteiger partial charge < -0.3 is 20.9 Å². The number of rotatable bonds is 11. The van der Waals surface area contributed by atoms with Crippen LogP contribution >= 0.6 is 23.2 Å². The topological polar surface area (TPSA) is 67.5 Å². The number of ether oxygens (including phenoxy) is 1. The van der Waals surface area contributed by atoms with Crippen LogP contribution in [0, 0.1) is 6.07 Å². The van der Waals surface area contributed by atoms with Crippen LogP contribution in [0.4, 0.5) is 5.69 Å². The number of aliphatic hydroxyl groups excluding tert-OH is 1. The third kappa shape index (κ3) is 6.89. The maximum atomic E-state index is 10.2. The van der Waals surface area contributed by atoms with Crippen LogP contribution in [0.2, 0.25) is 10.0 Å². The molecule has 0 saturated heterocycles. The van der Waals surface area contributed by atoms with Crippen molar-refractivity contribution in [3.8, 4) is 5.75 Å². The molecule has 2 rings (SSSR count). The molecular formula is C21H27Cl2N2O2. The molecule has 1 atom stereocenters. The van der Waals surface area contributed by atoms with Gasteiger partial charge in [-0.05, 0) is 61.2 Å². The summed E-state index contributed by atoms with van der Waals surface area (Å²) in [4.78, 5) is 0. The molecule has 0 bridgehead atoms. The molecule has 1 unspecified atom stereocenters. The van der Waals surface area contributed by atoms with Crippen molar-refractivity contribution in [1.29, 1.82) is 0 Å². The van der Waals surface area contributed by atoms with Gasteiger partial charge in [-0.25, -0.2) is 0 Å². The molecule has 0 aliphatic heterocycles. The number of hydrogen-bond acceptors (Lipinski definition) is 4. The van der Waals surface area contributed by atoms with E-state index in [1.165, 1.54) is 5.56 Å². The third-order valence-corrected chi connectivity index (χ3v) is 5.13.